The van der Waals surface area contributed by atoms with E-state index >= 15 is 0 Å². The van der Waals surface area contributed by atoms with E-state index in [0.29, 0.717) is 107 Å². The number of nitrogens with two attached hydrogens (primary N) is 4. The van der Waals surface area contributed by atoms with Gasteiger partial charge in [0.15, 0.2) is 58.0 Å². The number of halogens is 4. The van der Waals surface area contributed by atoms with Gasteiger partial charge in [-0.05, 0) is 128 Å². The van der Waals surface area contributed by atoms with E-state index < -0.39 is 17.5 Å². The largest absolute Gasteiger partial charge is 0.491 e. The number of aromatic nitrogens is 12. The molecule has 530 valence electrons. The van der Waals surface area contributed by atoms with Crippen molar-refractivity contribution >= 4 is 79.8 Å². The van der Waals surface area contributed by atoms with Crippen molar-refractivity contribution in [1.82, 2.24) is 58.1 Å². The Labute approximate surface area is 583 Å². The summed E-state index contributed by atoms with van der Waals surface area (Å²) < 4.78 is 87.1. The number of nitrogen functional groups attached to an aromatic ring is 4. The van der Waals surface area contributed by atoms with Crippen LogP contribution in [0, 0.1) is 17.5 Å². The highest BCUT2D eigenvalue weighted by Crippen LogP contribution is 2.30. The second-order valence-electron chi connectivity index (χ2n) is 24.1. The molecule has 4 aliphatic heterocycles. The number of H-pyrrole nitrogens is 4. The first-order valence-electron chi connectivity index (χ1n) is 32.7. The summed E-state index contributed by atoms with van der Waals surface area (Å²) in [6.45, 7) is 3.89. The standard InChI is InChI=1S/2C18H19FN4O3.C18H18N4O2.C17H15FN4O3.ClH/c2*19-12-5-4-11-8-14(12)25-6-2-1-3-7-26-15-9-13-16(17(20)21-15)22-18(24)23(13)10-11;19-17-16-14-10-15(20-17)24-8-3-1-2-5-12-6-4-7-13(9-12)11-22(14)18(23)21-16;18-11-4-3-10-7-13(11)24-5-1-2-6-25-14-8-12-15(16(19)20-14)21-17(23)22(12)9-10;/h2*4-5,8-9H,1-3,6-7,10H2,(H2,20,21)(H,22,24);1,3-4,6-7,9-10H,2,5,8,11H2,(H2,19,20)(H,21,23);1-4,7-8H,5-6,9H2,(H2,19,20)(H,21,23);1H/b;;3-1+;2-1+;. The molecule has 0 radical (unpaired) electrons. The monoisotopic (exact) mass is 1420 g/mol. The average Bonchev–Trinajstić information content (AvgIpc) is 1.65. The Kier molecular flexibility index (Phi) is 21.5. The predicted octanol–water partition coefficient (Wildman–Crippen LogP) is 9.35. The lowest BCUT2D eigenvalue weighted by atomic mass is 10.1. The number of fused-ring (bicyclic) bond motifs is 12. The fraction of sp³-hybridized carbons (Fsp3) is 0.268. The molecule has 0 aliphatic carbocycles. The summed E-state index contributed by atoms with van der Waals surface area (Å²) in [5.41, 5.74) is 31.6. The van der Waals surface area contributed by atoms with Crippen LogP contribution in [0.1, 0.15) is 72.8 Å². The molecular weight excluding hydrogens is 1350 g/mol. The van der Waals surface area contributed by atoms with Crippen molar-refractivity contribution < 1.29 is 46.3 Å². The Morgan fingerprint density at radius 1 is 0.353 bits per heavy atom. The quantitative estimate of drug-likeness (QED) is 0.0655. The summed E-state index contributed by atoms with van der Waals surface area (Å²) in [5, 5.41) is 0. The molecule has 0 fully saturated rings. The molecule has 12 heterocycles. The second kappa shape index (κ2) is 31.4. The number of nitrogens with zero attached hydrogens (tertiary/aromatic N) is 8. The van der Waals surface area contributed by atoms with Crippen LogP contribution < -0.4 is 78.9 Å². The highest BCUT2D eigenvalue weighted by molar-refractivity contribution is 5.88. The molecule has 27 nitrogen and oxygen atoms in total. The van der Waals surface area contributed by atoms with Gasteiger partial charge in [-0.15, -0.1) is 12.4 Å². The van der Waals surface area contributed by atoms with Crippen molar-refractivity contribution in [2.24, 2.45) is 0 Å². The minimum atomic E-state index is -0.456. The average molecular weight is 1420 g/mol. The van der Waals surface area contributed by atoms with Gasteiger partial charge in [-0.25, -0.2) is 32.3 Å². The Morgan fingerprint density at radius 3 is 1.05 bits per heavy atom. The van der Waals surface area contributed by atoms with Crippen molar-refractivity contribution in [2.45, 2.75) is 77.5 Å². The third kappa shape index (κ3) is 16.1. The third-order valence-electron chi connectivity index (χ3n) is 16.9. The normalized spacial score (nSPS) is 15.2. The second-order valence-corrected chi connectivity index (χ2v) is 24.1. The lowest BCUT2D eigenvalue weighted by Crippen LogP contribution is -2.17. The molecule has 4 aliphatic rings. The zero-order valence-electron chi connectivity index (χ0n) is 55.0. The molecule has 0 amide bonds. The number of nitrogens with one attached hydrogen (secondary N) is 4. The van der Waals surface area contributed by atoms with Crippen LogP contribution in [0.2, 0.25) is 0 Å². The van der Waals surface area contributed by atoms with Gasteiger partial charge in [0.05, 0.1) is 74.7 Å². The van der Waals surface area contributed by atoms with E-state index in [2.05, 4.69) is 58.1 Å². The van der Waals surface area contributed by atoms with Crippen molar-refractivity contribution in [3.05, 3.63) is 215 Å². The first-order valence-corrected chi connectivity index (χ1v) is 32.7. The molecule has 12 N–H and O–H groups in total. The van der Waals surface area contributed by atoms with E-state index in [1.165, 1.54) is 37.5 Å². The summed E-state index contributed by atoms with van der Waals surface area (Å²) in [7, 11) is 0. The van der Waals surface area contributed by atoms with Gasteiger partial charge in [-0.1, -0.05) is 54.6 Å². The topological polar surface area (TPSA) is 371 Å². The third-order valence-corrected chi connectivity index (χ3v) is 16.9. The molecule has 0 atom stereocenters. The van der Waals surface area contributed by atoms with Crippen molar-refractivity contribution in [3.63, 3.8) is 0 Å². The lowest BCUT2D eigenvalue weighted by molar-refractivity contribution is 0.268. The zero-order valence-corrected chi connectivity index (χ0v) is 55.8. The maximum atomic E-state index is 14.0. The number of hydrogen-bond acceptors (Lipinski definition) is 19. The molecule has 0 saturated heterocycles. The fourth-order valence-electron chi connectivity index (χ4n) is 11.9. The minimum Gasteiger partial charge on any atom is -0.491 e. The zero-order chi connectivity index (χ0) is 70.1. The summed E-state index contributed by atoms with van der Waals surface area (Å²) >= 11 is 0. The van der Waals surface area contributed by atoms with Crippen LogP contribution in [0.25, 0.3) is 44.1 Å². The summed E-state index contributed by atoms with van der Waals surface area (Å²) in [6, 6.07) is 28.9. The maximum Gasteiger partial charge on any atom is 0.326 e. The summed E-state index contributed by atoms with van der Waals surface area (Å²) in [5.74, 6) is 1.62. The van der Waals surface area contributed by atoms with Crippen LogP contribution in [0.4, 0.5) is 36.4 Å². The molecule has 31 heteroatoms. The first-order chi connectivity index (χ1) is 49.0. The minimum absolute atomic E-state index is 0. The molecular formula is C71H72ClF3N16O11. The summed E-state index contributed by atoms with van der Waals surface area (Å²) in [4.78, 5) is 77.1. The van der Waals surface area contributed by atoms with Gasteiger partial charge >= 0.3 is 22.8 Å². The Hall–Kier alpha value is -12.1. The van der Waals surface area contributed by atoms with Crippen LogP contribution >= 0.6 is 12.4 Å². The van der Waals surface area contributed by atoms with Crippen molar-refractivity contribution in [1.29, 1.82) is 0 Å². The maximum absolute atomic E-state index is 14.0. The number of hydrogen-bond donors (Lipinski definition) is 8. The molecule has 12 aromatic rings. The molecule has 102 heavy (non-hydrogen) atoms. The van der Waals surface area contributed by atoms with E-state index in [-0.39, 0.29) is 109 Å². The van der Waals surface area contributed by atoms with Crippen LogP contribution in [-0.4, -0.2) is 104 Å². The molecule has 16 bridgehead atoms. The number of aryl methyl sites for hydroxylation is 1. The summed E-state index contributed by atoms with van der Waals surface area (Å²) in [6.07, 6.45) is 14.4. The van der Waals surface area contributed by atoms with Crippen LogP contribution in [0.15, 0.2) is 147 Å². The molecule has 0 saturated carbocycles. The van der Waals surface area contributed by atoms with Crippen LogP contribution in [0.3, 0.4) is 0 Å². The number of allylic oxidation sites excluding steroid dienone is 1. The SMILES string of the molecule is Cl.Nc1nc2cc3c1[nH]c(=O)n3Cc1ccc(F)c(c1)OC/C=C/CO2.Nc1nc2cc3c1[nH]c(=O)n3Cc1ccc(F)c(c1)OCCCCCO2.Nc1nc2cc3c1[nH]c(=O)n3Cc1ccc(F)c(c1)OCCCCCO2.Nc1nc2cc3c1[nH]c(=O)n3Cc1cccc(c1)CC/C=C/CO2. The van der Waals surface area contributed by atoms with E-state index in [9.17, 15) is 32.3 Å². The Bertz CT molecular complexity index is 5200. The van der Waals surface area contributed by atoms with Gasteiger partial charge in [0.25, 0.3) is 0 Å². The van der Waals surface area contributed by atoms with Gasteiger partial charge in [-0.3, -0.25) is 18.3 Å². The molecule has 4 aromatic carbocycles. The van der Waals surface area contributed by atoms with Crippen LogP contribution in [-0.2, 0) is 32.6 Å². The molecule has 8 aromatic heterocycles. The van der Waals surface area contributed by atoms with Gasteiger partial charge < -0.3 is 76.0 Å². The first kappa shape index (κ1) is 69.8. The Balaban J connectivity index is 0.000000128. The van der Waals surface area contributed by atoms with E-state index in [4.69, 9.17) is 56.1 Å². The Morgan fingerprint density at radius 2 is 0.667 bits per heavy atom. The smallest absolute Gasteiger partial charge is 0.326 e. The van der Waals surface area contributed by atoms with E-state index in [0.717, 1.165) is 73.6 Å². The molecule has 0 unspecified atom stereocenters. The van der Waals surface area contributed by atoms with Crippen molar-refractivity contribution in [3.8, 4) is 40.8 Å². The lowest BCUT2D eigenvalue weighted by Gasteiger charge is -2.10. The number of ether oxygens (including phenoxy) is 7. The van der Waals surface area contributed by atoms with Gasteiger partial charge in [-0.2, -0.15) is 19.9 Å². The van der Waals surface area contributed by atoms with Crippen molar-refractivity contribution in [2.75, 3.05) is 69.2 Å². The van der Waals surface area contributed by atoms with E-state index in [1.807, 2.05) is 18.2 Å². The highest BCUT2D eigenvalue weighted by Gasteiger charge is 2.20. The van der Waals surface area contributed by atoms with Crippen LogP contribution in [0.5, 0.6) is 40.8 Å². The number of benzene rings is 4. The number of imidazole rings is 4. The van der Waals surface area contributed by atoms with Gasteiger partial charge in [0.2, 0.25) is 23.5 Å². The number of aromatic amines is 4. The highest BCUT2D eigenvalue weighted by atomic mass is 35.5. The van der Waals surface area contributed by atoms with Gasteiger partial charge in [0, 0.05) is 24.3 Å². The fourth-order valence-corrected chi connectivity index (χ4v) is 11.9. The number of anilines is 4. The number of rotatable bonds is 0. The molecule has 16 rings (SSSR count). The van der Waals surface area contributed by atoms with Gasteiger partial charge in [0.1, 0.15) is 41.9 Å². The van der Waals surface area contributed by atoms with E-state index in [1.54, 1.807) is 77.4 Å². The molecule has 0 spiro atoms. The number of pyridine rings is 4. The predicted molar refractivity (Wildman–Crippen MR) is 381 cm³/mol.